The fourth-order valence-corrected chi connectivity index (χ4v) is 0.874. The van der Waals surface area contributed by atoms with Gasteiger partial charge in [-0.2, -0.15) is 57.1 Å². The Kier molecular flexibility index (Phi) is 5.77. The van der Waals surface area contributed by atoms with Gasteiger partial charge in [0.1, 0.15) is 0 Å². The Morgan fingerprint density at radius 3 is 1.32 bits per heavy atom. The van der Waals surface area contributed by atoms with Crippen LogP contribution in [0.15, 0.2) is 0 Å². The lowest BCUT2D eigenvalue weighted by Crippen LogP contribution is -2.65. The smallest absolute Gasteiger partial charge is 0.361 e. The lowest BCUT2D eigenvalue weighted by molar-refractivity contribution is -0.529. The molecule has 0 aromatic rings. The fraction of sp³-hybridized carbons (Fsp3) is 0.857. The van der Waals surface area contributed by atoms with Crippen molar-refractivity contribution in [3.8, 4) is 0 Å². The Morgan fingerprint density at radius 2 is 1.04 bits per heavy atom. The molecule has 4 nitrogen and oxygen atoms in total. The van der Waals surface area contributed by atoms with E-state index in [4.69, 9.17) is 0 Å². The second kappa shape index (κ2) is 6.20. The Bertz CT molecular complexity index is 494. The standard InChI is InChI=1S/C7F14O4/c8-2(9,4(11,12)13)6(17,18)25-3(10,5(14,15)16)7(19,20)23-1(22)24-21. The van der Waals surface area contributed by atoms with Crippen molar-refractivity contribution in [2.45, 2.75) is 36.3 Å². The van der Waals surface area contributed by atoms with E-state index in [0.29, 0.717) is 0 Å². The first kappa shape index (κ1) is 23.2. The molecule has 0 aromatic heterocycles. The van der Waals surface area contributed by atoms with Gasteiger partial charge < -0.3 is 4.74 Å². The van der Waals surface area contributed by atoms with Gasteiger partial charge in [-0.1, -0.05) is 0 Å². The van der Waals surface area contributed by atoms with Crippen molar-refractivity contribution in [2.75, 3.05) is 0 Å². The molecule has 1 unspecified atom stereocenters. The van der Waals surface area contributed by atoms with E-state index in [9.17, 15) is 66.4 Å². The zero-order valence-corrected chi connectivity index (χ0v) is 10.4. The maximum absolute atomic E-state index is 13.3. The van der Waals surface area contributed by atoms with Crippen LogP contribution in [0.2, 0.25) is 0 Å². The molecule has 0 heterocycles. The van der Waals surface area contributed by atoms with E-state index in [1.807, 2.05) is 4.74 Å². The van der Waals surface area contributed by atoms with E-state index in [0.717, 1.165) is 0 Å². The van der Waals surface area contributed by atoms with Crippen molar-refractivity contribution >= 4 is 6.16 Å². The van der Waals surface area contributed by atoms with Crippen molar-refractivity contribution in [2.24, 2.45) is 0 Å². The minimum Gasteiger partial charge on any atom is -0.361 e. The third kappa shape index (κ3) is 4.09. The largest absolute Gasteiger partial charge is 0.549 e. The van der Waals surface area contributed by atoms with Gasteiger partial charge in [0.05, 0.1) is 0 Å². The molecule has 0 saturated carbocycles. The zero-order chi connectivity index (χ0) is 20.7. The third-order valence-corrected chi connectivity index (χ3v) is 2.00. The number of rotatable bonds is 5. The maximum atomic E-state index is 13.3. The minimum absolute atomic E-state index is 1.39. The van der Waals surface area contributed by atoms with Crippen molar-refractivity contribution < 1.29 is 80.8 Å². The summed E-state index contributed by atoms with van der Waals surface area (Å²) in [4.78, 5) is 11.6. The molecule has 18 heteroatoms. The number of ether oxygens (including phenoxy) is 2. The number of carbonyl (C=O) groups excluding carboxylic acids is 1. The SMILES string of the molecule is O=C(OF)OC(F)(F)C(F)(OC(F)(F)C(F)(F)C(F)(F)F)C(F)(F)F. The molecule has 0 spiro atoms. The van der Waals surface area contributed by atoms with Crippen LogP contribution in [0.4, 0.5) is 66.4 Å². The first-order valence-corrected chi connectivity index (χ1v) is 4.84. The van der Waals surface area contributed by atoms with Gasteiger partial charge in [0.25, 0.3) is 0 Å². The quantitative estimate of drug-likeness (QED) is 0.486. The average Bonchev–Trinajstić information content (AvgIpc) is 2.34. The molecule has 0 bridgehead atoms. The lowest BCUT2D eigenvalue weighted by Gasteiger charge is -2.37. The van der Waals surface area contributed by atoms with Gasteiger partial charge >= 0.3 is 42.5 Å². The van der Waals surface area contributed by atoms with Crippen LogP contribution in [0.1, 0.15) is 0 Å². The molecule has 150 valence electrons. The fourth-order valence-electron chi connectivity index (χ4n) is 0.874. The summed E-state index contributed by atoms with van der Waals surface area (Å²) in [6.07, 6.45) is -33.1. The van der Waals surface area contributed by atoms with E-state index in [1.165, 1.54) is 4.74 Å². The van der Waals surface area contributed by atoms with E-state index in [2.05, 4.69) is 0 Å². The number of carbonyl (C=O) groups is 1. The van der Waals surface area contributed by atoms with Gasteiger partial charge in [-0.25, -0.2) is 9.74 Å². The Labute approximate surface area is 125 Å². The Morgan fingerprint density at radius 1 is 0.640 bits per heavy atom. The van der Waals surface area contributed by atoms with E-state index in [-0.39, 0.29) is 0 Å². The molecule has 0 radical (unpaired) electrons. The summed E-state index contributed by atoms with van der Waals surface area (Å²) >= 11 is 0. The highest BCUT2D eigenvalue weighted by atomic mass is 19.4. The number of alkyl halides is 13. The van der Waals surface area contributed by atoms with Gasteiger partial charge in [-0.05, 0) is 0 Å². The lowest BCUT2D eigenvalue weighted by atomic mass is 10.2. The summed E-state index contributed by atoms with van der Waals surface area (Å²) in [7, 11) is 0. The van der Waals surface area contributed by atoms with Crippen LogP contribution in [0, 0.1) is 0 Å². The Balaban J connectivity index is 6.14. The van der Waals surface area contributed by atoms with Gasteiger partial charge in [0.15, 0.2) is 0 Å². The highest BCUT2D eigenvalue weighted by Crippen LogP contribution is 2.54. The molecular formula is C7F14O4. The second-order valence-electron chi connectivity index (χ2n) is 3.73. The molecule has 25 heavy (non-hydrogen) atoms. The van der Waals surface area contributed by atoms with Crippen LogP contribution in [-0.4, -0.2) is 42.5 Å². The van der Waals surface area contributed by atoms with Crippen molar-refractivity contribution in [3.05, 3.63) is 0 Å². The molecule has 1 atom stereocenters. The predicted octanol–water partition coefficient (Wildman–Crippen LogP) is 4.65. The van der Waals surface area contributed by atoms with Gasteiger partial charge in [0.2, 0.25) is 0 Å². The zero-order valence-electron chi connectivity index (χ0n) is 10.4. The molecule has 0 saturated heterocycles. The summed E-state index contributed by atoms with van der Waals surface area (Å²) in [6, 6.07) is 0. The number of hydrogen-bond acceptors (Lipinski definition) is 4. The van der Waals surface area contributed by atoms with E-state index < -0.39 is 42.5 Å². The van der Waals surface area contributed by atoms with Crippen LogP contribution in [0.5, 0.6) is 0 Å². The van der Waals surface area contributed by atoms with Gasteiger partial charge in [0, 0.05) is 4.53 Å². The van der Waals surface area contributed by atoms with Crippen LogP contribution in [0.3, 0.4) is 0 Å². The molecule has 0 aliphatic carbocycles. The molecule has 0 aromatic carbocycles. The van der Waals surface area contributed by atoms with Crippen molar-refractivity contribution in [3.63, 3.8) is 0 Å². The van der Waals surface area contributed by atoms with Gasteiger partial charge in [-0.15, -0.1) is 0 Å². The van der Waals surface area contributed by atoms with Gasteiger partial charge in [-0.3, -0.25) is 4.74 Å². The second-order valence-corrected chi connectivity index (χ2v) is 3.73. The monoisotopic (exact) mass is 414 g/mol. The van der Waals surface area contributed by atoms with Crippen molar-refractivity contribution in [1.29, 1.82) is 0 Å². The van der Waals surface area contributed by atoms with Crippen LogP contribution in [-0.2, 0) is 14.4 Å². The van der Waals surface area contributed by atoms with Crippen molar-refractivity contribution in [1.82, 2.24) is 0 Å². The number of hydrogen-bond donors (Lipinski definition) is 0. The molecule has 0 aliphatic heterocycles. The summed E-state index contributed by atoms with van der Waals surface area (Å²) in [5, 5.41) is 0. The minimum atomic E-state index is -7.61. The molecule has 0 aliphatic rings. The summed E-state index contributed by atoms with van der Waals surface area (Å²) in [6.45, 7) is 0. The topological polar surface area (TPSA) is 44.8 Å². The first-order valence-electron chi connectivity index (χ1n) is 4.84. The first-order chi connectivity index (χ1) is 10.7. The molecule has 0 rings (SSSR count). The van der Waals surface area contributed by atoms with Crippen LogP contribution < -0.4 is 0 Å². The molecule has 0 fully saturated rings. The average molecular weight is 414 g/mol. The third-order valence-electron chi connectivity index (χ3n) is 2.00. The van der Waals surface area contributed by atoms with Crippen LogP contribution >= 0.6 is 0 Å². The summed E-state index contributed by atoms with van der Waals surface area (Å²) in [5.74, 6) is -15.1. The predicted molar refractivity (Wildman–Crippen MR) is 40.5 cm³/mol. The van der Waals surface area contributed by atoms with E-state index in [1.54, 1.807) is 4.94 Å². The Hall–Kier alpha value is -1.75. The molecular weight excluding hydrogens is 414 g/mol. The maximum Gasteiger partial charge on any atom is 0.549 e. The molecule has 0 N–H and O–H groups in total. The highest BCUT2D eigenvalue weighted by Gasteiger charge is 2.84. The highest BCUT2D eigenvalue weighted by molar-refractivity contribution is 5.59. The summed E-state index contributed by atoms with van der Waals surface area (Å²) < 4.78 is 175. The normalized spacial score (nSPS) is 17.0. The molecule has 0 amide bonds. The van der Waals surface area contributed by atoms with Crippen LogP contribution in [0.25, 0.3) is 0 Å². The number of halogens is 14. The summed E-state index contributed by atoms with van der Waals surface area (Å²) in [5.41, 5.74) is 0. The van der Waals surface area contributed by atoms with E-state index >= 15 is 0 Å².